The van der Waals surface area contributed by atoms with E-state index < -0.39 is 0 Å². The van der Waals surface area contributed by atoms with Crippen LogP contribution in [0.5, 0.6) is 5.75 Å². The first-order valence-corrected chi connectivity index (χ1v) is 11.4. The first-order chi connectivity index (χ1) is 15.6. The van der Waals surface area contributed by atoms with E-state index in [2.05, 4.69) is 15.1 Å². The van der Waals surface area contributed by atoms with Gasteiger partial charge >= 0.3 is 0 Å². The Kier molecular flexibility index (Phi) is 7.39. The molecule has 1 aliphatic heterocycles. The van der Waals surface area contributed by atoms with Crippen molar-refractivity contribution in [3.8, 4) is 17.2 Å². The largest absolute Gasteiger partial charge is 0.497 e. The van der Waals surface area contributed by atoms with Crippen LogP contribution < -0.4 is 4.74 Å². The van der Waals surface area contributed by atoms with E-state index >= 15 is 0 Å². The molecule has 1 aromatic heterocycles. The number of thioether (sulfide) groups is 1. The normalized spacial score (nSPS) is 14.9. The molecule has 1 amide bonds. The minimum absolute atomic E-state index is 0.0582. The molecule has 0 unspecified atom stereocenters. The van der Waals surface area contributed by atoms with Gasteiger partial charge in [0.25, 0.3) is 5.22 Å². The van der Waals surface area contributed by atoms with Crippen LogP contribution in [0, 0.1) is 5.82 Å². The van der Waals surface area contributed by atoms with E-state index in [9.17, 15) is 9.18 Å². The van der Waals surface area contributed by atoms with Crippen LogP contribution in [0.15, 0.2) is 58.2 Å². The number of carbonyl (C=O) groups excluding carboxylic acids is 1. The molecule has 0 bridgehead atoms. The van der Waals surface area contributed by atoms with E-state index in [0.29, 0.717) is 17.7 Å². The maximum absolute atomic E-state index is 13.1. The lowest BCUT2D eigenvalue weighted by Gasteiger charge is -2.21. The van der Waals surface area contributed by atoms with Gasteiger partial charge in [0.2, 0.25) is 11.8 Å². The van der Waals surface area contributed by atoms with E-state index in [1.807, 2.05) is 41.3 Å². The number of nitrogens with zero attached hydrogens (tertiary/aromatic N) is 4. The Balaban J connectivity index is 1.26. The molecular formula is C23H25FN4O3S. The van der Waals surface area contributed by atoms with Gasteiger partial charge < -0.3 is 14.1 Å². The van der Waals surface area contributed by atoms with Crippen molar-refractivity contribution in [2.24, 2.45) is 0 Å². The molecule has 9 heteroatoms. The summed E-state index contributed by atoms with van der Waals surface area (Å²) in [4.78, 5) is 16.9. The van der Waals surface area contributed by atoms with E-state index in [0.717, 1.165) is 49.5 Å². The summed E-state index contributed by atoms with van der Waals surface area (Å²) < 4.78 is 23.9. The summed E-state index contributed by atoms with van der Waals surface area (Å²) in [6, 6.07) is 13.9. The lowest BCUT2D eigenvalue weighted by molar-refractivity contribution is -0.128. The minimum Gasteiger partial charge on any atom is -0.497 e. The fraction of sp³-hybridized carbons (Fsp3) is 0.348. The first kappa shape index (κ1) is 22.3. The molecule has 4 rings (SSSR count). The van der Waals surface area contributed by atoms with Crippen molar-refractivity contribution < 1.29 is 18.3 Å². The number of halogens is 1. The number of carbonyl (C=O) groups is 1. The Hall–Kier alpha value is -2.91. The van der Waals surface area contributed by atoms with E-state index in [-0.39, 0.29) is 17.5 Å². The Labute approximate surface area is 190 Å². The third-order valence-corrected chi connectivity index (χ3v) is 6.13. The van der Waals surface area contributed by atoms with Gasteiger partial charge in [0.1, 0.15) is 11.6 Å². The Morgan fingerprint density at radius 3 is 2.59 bits per heavy atom. The number of amides is 1. The van der Waals surface area contributed by atoms with Crippen LogP contribution in [-0.4, -0.2) is 64.9 Å². The molecule has 0 spiro atoms. The van der Waals surface area contributed by atoms with Gasteiger partial charge in [-0.1, -0.05) is 23.9 Å². The second-order valence-corrected chi connectivity index (χ2v) is 8.45. The number of aromatic nitrogens is 2. The lowest BCUT2D eigenvalue weighted by atomic mass is 10.2. The molecule has 168 valence electrons. The highest BCUT2D eigenvalue weighted by Gasteiger charge is 2.20. The number of hydrogen-bond acceptors (Lipinski definition) is 7. The predicted molar refractivity (Wildman–Crippen MR) is 120 cm³/mol. The van der Waals surface area contributed by atoms with Gasteiger partial charge in [-0.05, 0) is 48.4 Å². The molecule has 7 nitrogen and oxygen atoms in total. The average molecular weight is 457 g/mol. The Bertz CT molecular complexity index is 1030. The Morgan fingerprint density at radius 2 is 1.84 bits per heavy atom. The van der Waals surface area contributed by atoms with Crippen molar-refractivity contribution in [2.45, 2.75) is 18.2 Å². The van der Waals surface area contributed by atoms with Gasteiger partial charge in [0.15, 0.2) is 0 Å². The maximum Gasteiger partial charge on any atom is 0.277 e. The summed E-state index contributed by atoms with van der Waals surface area (Å²) in [7, 11) is 1.61. The number of rotatable bonds is 7. The highest BCUT2D eigenvalue weighted by Crippen LogP contribution is 2.25. The SMILES string of the molecule is COc1ccc(-c2nnc(SCC(=O)N3CCCN(Cc4ccc(F)cc4)CC3)o2)cc1. The smallest absolute Gasteiger partial charge is 0.277 e. The zero-order valence-electron chi connectivity index (χ0n) is 17.9. The van der Waals surface area contributed by atoms with Gasteiger partial charge in [-0.25, -0.2) is 4.39 Å². The van der Waals surface area contributed by atoms with Crippen molar-refractivity contribution in [3.63, 3.8) is 0 Å². The van der Waals surface area contributed by atoms with E-state index in [4.69, 9.17) is 9.15 Å². The van der Waals surface area contributed by atoms with Crippen LogP contribution in [0.25, 0.3) is 11.5 Å². The van der Waals surface area contributed by atoms with Crippen LogP contribution in [0.4, 0.5) is 4.39 Å². The summed E-state index contributed by atoms with van der Waals surface area (Å²) in [6.07, 6.45) is 0.903. The molecule has 1 saturated heterocycles. The first-order valence-electron chi connectivity index (χ1n) is 10.5. The predicted octanol–water partition coefficient (Wildman–Crippen LogP) is 3.71. The molecule has 2 aromatic carbocycles. The fourth-order valence-electron chi connectivity index (χ4n) is 3.56. The van der Waals surface area contributed by atoms with Crippen LogP contribution in [-0.2, 0) is 11.3 Å². The van der Waals surface area contributed by atoms with E-state index in [1.54, 1.807) is 7.11 Å². The summed E-state index contributed by atoms with van der Waals surface area (Å²) >= 11 is 1.25. The second-order valence-electron chi connectivity index (χ2n) is 7.53. The van der Waals surface area contributed by atoms with Crippen LogP contribution in [0.1, 0.15) is 12.0 Å². The zero-order chi connectivity index (χ0) is 22.3. The van der Waals surface area contributed by atoms with E-state index in [1.165, 1.54) is 23.9 Å². The van der Waals surface area contributed by atoms with Gasteiger partial charge in [-0.3, -0.25) is 9.69 Å². The quantitative estimate of drug-likeness (QED) is 0.502. The number of benzene rings is 2. The number of ether oxygens (including phenoxy) is 1. The topological polar surface area (TPSA) is 71.7 Å². The number of methoxy groups -OCH3 is 1. The van der Waals surface area contributed by atoms with Crippen LogP contribution in [0.2, 0.25) is 0 Å². The van der Waals surface area contributed by atoms with Crippen LogP contribution in [0.3, 0.4) is 0 Å². The monoisotopic (exact) mass is 456 g/mol. The molecule has 0 saturated carbocycles. The van der Waals surface area contributed by atoms with Crippen molar-refractivity contribution >= 4 is 17.7 Å². The molecule has 32 heavy (non-hydrogen) atoms. The average Bonchev–Trinajstić information content (AvgIpc) is 3.17. The van der Waals surface area contributed by atoms with Crippen molar-refractivity contribution in [3.05, 3.63) is 59.9 Å². The highest BCUT2D eigenvalue weighted by atomic mass is 32.2. The van der Waals surface area contributed by atoms with Gasteiger partial charge in [-0.2, -0.15) is 0 Å². The molecule has 1 aliphatic rings. The summed E-state index contributed by atoms with van der Waals surface area (Å²) in [6.45, 7) is 3.84. The molecule has 3 aromatic rings. The molecule has 0 N–H and O–H groups in total. The molecule has 2 heterocycles. The zero-order valence-corrected chi connectivity index (χ0v) is 18.7. The molecule has 0 atom stereocenters. The number of hydrogen-bond donors (Lipinski definition) is 0. The molecule has 0 aliphatic carbocycles. The summed E-state index contributed by atoms with van der Waals surface area (Å²) in [5, 5.41) is 8.49. The molecule has 1 fully saturated rings. The molecule has 0 radical (unpaired) electrons. The second kappa shape index (κ2) is 10.6. The Morgan fingerprint density at radius 1 is 1.06 bits per heavy atom. The van der Waals surface area contributed by atoms with Crippen molar-refractivity contribution in [1.82, 2.24) is 20.0 Å². The van der Waals surface area contributed by atoms with Gasteiger partial charge in [0.05, 0.1) is 12.9 Å². The van der Waals surface area contributed by atoms with Crippen molar-refractivity contribution in [1.29, 1.82) is 0 Å². The van der Waals surface area contributed by atoms with Crippen LogP contribution >= 0.6 is 11.8 Å². The maximum atomic E-state index is 13.1. The summed E-state index contributed by atoms with van der Waals surface area (Å²) in [5.74, 6) is 1.25. The standard InChI is InChI=1S/C23H25FN4O3S/c1-30-20-9-5-18(6-10-20)22-25-26-23(31-22)32-16-21(29)28-12-2-11-27(13-14-28)15-17-3-7-19(24)8-4-17/h3-10H,2,11-16H2,1H3. The third kappa shape index (κ3) is 5.86. The highest BCUT2D eigenvalue weighted by molar-refractivity contribution is 7.99. The lowest BCUT2D eigenvalue weighted by Crippen LogP contribution is -2.36. The molecular weight excluding hydrogens is 431 g/mol. The van der Waals surface area contributed by atoms with Gasteiger partial charge in [0, 0.05) is 38.3 Å². The third-order valence-electron chi connectivity index (χ3n) is 5.32. The van der Waals surface area contributed by atoms with Crippen molar-refractivity contribution in [2.75, 3.05) is 39.0 Å². The summed E-state index contributed by atoms with van der Waals surface area (Å²) in [5.41, 5.74) is 1.87. The minimum atomic E-state index is -0.226. The van der Waals surface area contributed by atoms with Gasteiger partial charge in [-0.15, -0.1) is 10.2 Å². The fourth-order valence-corrected chi connectivity index (χ4v) is 4.23.